The normalized spacial score (nSPS) is 16.3. The molecule has 0 aliphatic carbocycles. The number of piperazine rings is 1. The quantitative estimate of drug-likeness (QED) is 0.528. The van der Waals surface area contributed by atoms with Gasteiger partial charge >= 0.3 is 0 Å². The number of nitrogens with one attached hydrogen (secondary N) is 2. The summed E-state index contributed by atoms with van der Waals surface area (Å²) in [6.07, 6.45) is 0. The molecule has 1 heterocycles. The molecule has 7 nitrogen and oxygen atoms in total. The lowest BCUT2D eigenvalue weighted by atomic mass is 10.1. The lowest BCUT2D eigenvalue weighted by Crippen LogP contribution is -2.47. The van der Waals surface area contributed by atoms with Gasteiger partial charge in [0.1, 0.15) is 0 Å². The van der Waals surface area contributed by atoms with Crippen LogP contribution in [0.5, 0.6) is 0 Å². The lowest BCUT2D eigenvalue weighted by Gasteiger charge is -2.32. The molecule has 0 radical (unpaired) electrons. The van der Waals surface area contributed by atoms with Crippen molar-refractivity contribution in [2.45, 2.75) is 31.8 Å². The summed E-state index contributed by atoms with van der Waals surface area (Å²) in [5, 5.41) is 6.57. The lowest BCUT2D eigenvalue weighted by molar-refractivity contribution is 0.222. The minimum Gasteiger partial charge on any atom is -0.352 e. The zero-order valence-corrected chi connectivity index (χ0v) is 19.7. The van der Waals surface area contributed by atoms with Crippen molar-refractivity contribution < 1.29 is 8.42 Å². The maximum Gasteiger partial charge on any atom is 0.243 e. The first-order valence-corrected chi connectivity index (χ1v) is 12.0. The molecule has 3 rings (SSSR count). The number of rotatable bonds is 6. The molecule has 2 aromatic carbocycles. The van der Waals surface area contributed by atoms with Crippen molar-refractivity contribution >= 4 is 16.0 Å². The highest BCUT2D eigenvalue weighted by atomic mass is 32.2. The van der Waals surface area contributed by atoms with E-state index in [2.05, 4.69) is 52.6 Å². The fraction of sp³-hybridized carbons (Fsp3) is 0.435. The standard InChI is InChI=1S/C23H33N5O2S/c1-18-9-10-20(19(2)15-18)16-25-23(24-3)26-17-21-7-5-6-8-22(21)31(29,30)28-13-11-27(4)12-14-28/h5-10,15H,11-14,16-17H2,1-4H3,(H2,24,25,26). The van der Waals surface area contributed by atoms with Gasteiger partial charge in [-0.1, -0.05) is 42.0 Å². The van der Waals surface area contributed by atoms with Crippen molar-refractivity contribution in [1.29, 1.82) is 0 Å². The van der Waals surface area contributed by atoms with E-state index in [9.17, 15) is 8.42 Å². The zero-order valence-electron chi connectivity index (χ0n) is 18.9. The second-order valence-electron chi connectivity index (χ2n) is 8.02. The first-order chi connectivity index (χ1) is 14.8. The van der Waals surface area contributed by atoms with Crippen molar-refractivity contribution in [2.75, 3.05) is 40.3 Å². The van der Waals surface area contributed by atoms with Crippen molar-refractivity contribution in [3.05, 3.63) is 64.7 Å². The van der Waals surface area contributed by atoms with Crippen LogP contribution >= 0.6 is 0 Å². The summed E-state index contributed by atoms with van der Waals surface area (Å²) in [5.41, 5.74) is 4.40. The molecule has 2 N–H and O–H groups in total. The molecule has 0 amide bonds. The first-order valence-electron chi connectivity index (χ1n) is 10.6. The molecule has 0 spiro atoms. The summed E-state index contributed by atoms with van der Waals surface area (Å²) in [6, 6.07) is 13.6. The van der Waals surface area contributed by atoms with Crippen molar-refractivity contribution in [2.24, 2.45) is 4.99 Å². The molecule has 1 aliphatic heterocycles. The second-order valence-corrected chi connectivity index (χ2v) is 9.93. The van der Waals surface area contributed by atoms with E-state index in [1.165, 1.54) is 16.7 Å². The predicted molar refractivity (Wildman–Crippen MR) is 126 cm³/mol. The van der Waals surface area contributed by atoms with Crippen LogP contribution in [0.2, 0.25) is 0 Å². The minimum atomic E-state index is -3.53. The van der Waals surface area contributed by atoms with Crippen LogP contribution in [-0.2, 0) is 23.1 Å². The van der Waals surface area contributed by atoms with E-state index in [1.807, 2.05) is 19.2 Å². The van der Waals surface area contributed by atoms with Crippen LogP contribution in [0.3, 0.4) is 0 Å². The van der Waals surface area contributed by atoms with Crippen molar-refractivity contribution in [3.63, 3.8) is 0 Å². The Hall–Kier alpha value is -2.42. The van der Waals surface area contributed by atoms with Gasteiger partial charge in [-0.05, 0) is 43.7 Å². The van der Waals surface area contributed by atoms with Gasteiger partial charge in [0.05, 0.1) is 4.90 Å². The van der Waals surface area contributed by atoms with Crippen LogP contribution in [-0.4, -0.2) is 63.9 Å². The van der Waals surface area contributed by atoms with Crippen LogP contribution in [0.15, 0.2) is 52.4 Å². The van der Waals surface area contributed by atoms with E-state index in [4.69, 9.17) is 0 Å². The minimum absolute atomic E-state index is 0.358. The molecule has 0 saturated carbocycles. The van der Waals surface area contributed by atoms with Gasteiger partial charge in [0, 0.05) is 46.3 Å². The first kappa shape index (κ1) is 23.2. The van der Waals surface area contributed by atoms with E-state index >= 15 is 0 Å². The molecule has 0 bridgehead atoms. The van der Waals surface area contributed by atoms with Gasteiger partial charge < -0.3 is 15.5 Å². The van der Waals surface area contributed by atoms with E-state index in [1.54, 1.807) is 23.5 Å². The van der Waals surface area contributed by atoms with Crippen LogP contribution in [0.25, 0.3) is 0 Å². The van der Waals surface area contributed by atoms with Gasteiger partial charge in [-0.2, -0.15) is 4.31 Å². The topological polar surface area (TPSA) is 77.0 Å². The summed E-state index contributed by atoms with van der Waals surface area (Å²) in [7, 11) is 0.196. The number of guanidine groups is 1. The summed E-state index contributed by atoms with van der Waals surface area (Å²) in [4.78, 5) is 6.79. The Bertz CT molecular complexity index is 1030. The summed E-state index contributed by atoms with van der Waals surface area (Å²) >= 11 is 0. The second kappa shape index (κ2) is 10.3. The molecule has 0 aromatic heterocycles. The van der Waals surface area contributed by atoms with Gasteiger partial charge in [-0.25, -0.2) is 8.42 Å². The highest BCUT2D eigenvalue weighted by Gasteiger charge is 2.29. The van der Waals surface area contributed by atoms with Crippen molar-refractivity contribution in [1.82, 2.24) is 19.8 Å². The molecule has 31 heavy (non-hydrogen) atoms. The number of hydrogen-bond donors (Lipinski definition) is 2. The summed E-state index contributed by atoms with van der Waals surface area (Å²) in [5.74, 6) is 0.631. The average Bonchev–Trinajstić information content (AvgIpc) is 2.75. The maximum atomic E-state index is 13.2. The van der Waals surface area contributed by atoms with Crippen LogP contribution in [0, 0.1) is 13.8 Å². The summed E-state index contributed by atoms with van der Waals surface area (Å²) in [6.45, 7) is 7.71. The van der Waals surface area contributed by atoms with E-state index in [-0.39, 0.29) is 0 Å². The Morgan fingerprint density at radius 2 is 1.61 bits per heavy atom. The Balaban J connectivity index is 1.67. The molecule has 168 valence electrons. The molecular formula is C23H33N5O2S. The Kier molecular flexibility index (Phi) is 7.69. The third-order valence-electron chi connectivity index (χ3n) is 5.67. The molecule has 0 unspecified atom stereocenters. The van der Waals surface area contributed by atoms with Crippen LogP contribution < -0.4 is 10.6 Å². The Morgan fingerprint density at radius 3 is 2.26 bits per heavy atom. The van der Waals surface area contributed by atoms with Gasteiger partial charge in [0.2, 0.25) is 10.0 Å². The smallest absolute Gasteiger partial charge is 0.243 e. The molecule has 1 aliphatic rings. The fourth-order valence-corrected chi connectivity index (χ4v) is 5.34. The summed E-state index contributed by atoms with van der Waals surface area (Å²) < 4.78 is 28.1. The number of likely N-dealkylation sites (N-methyl/N-ethyl adjacent to an activating group) is 1. The van der Waals surface area contributed by atoms with E-state index < -0.39 is 10.0 Å². The number of benzene rings is 2. The fourth-order valence-electron chi connectivity index (χ4n) is 3.69. The number of aliphatic imine (C=N–C) groups is 1. The molecule has 0 atom stereocenters. The highest BCUT2D eigenvalue weighted by Crippen LogP contribution is 2.21. The molecule has 1 saturated heterocycles. The Morgan fingerprint density at radius 1 is 0.968 bits per heavy atom. The average molecular weight is 444 g/mol. The molecule has 1 fully saturated rings. The molecular weight excluding hydrogens is 410 g/mol. The predicted octanol–water partition coefficient (Wildman–Crippen LogP) is 2.10. The highest BCUT2D eigenvalue weighted by molar-refractivity contribution is 7.89. The van der Waals surface area contributed by atoms with E-state index in [0.29, 0.717) is 37.0 Å². The monoisotopic (exact) mass is 443 g/mol. The number of hydrogen-bond acceptors (Lipinski definition) is 4. The number of nitrogens with zero attached hydrogens (tertiary/aromatic N) is 3. The SMILES string of the molecule is CN=C(NCc1ccc(C)cc1C)NCc1ccccc1S(=O)(=O)N1CCN(C)CC1. The maximum absolute atomic E-state index is 13.2. The largest absolute Gasteiger partial charge is 0.352 e. The van der Waals surface area contributed by atoms with Gasteiger partial charge in [0.25, 0.3) is 0 Å². The van der Waals surface area contributed by atoms with E-state index in [0.717, 1.165) is 18.7 Å². The van der Waals surface area contributed by atoms with Gasteiger partial charge in [-0.3, -0.25) is 4.99 Å². The third kappa shape index (κ3) is 5.84. The Labute approximate surface area is 186 Å². The van der Waals surface area contributed by atoms with Gasteiger partial charge in [-0.15, -0.1) is 0 Å². The van der Waals surface area contributed by atoms with Crippen LogP contribution in [0.1, 0.15) is 22.3 Å². The zero-order chi connectivity index (χ0) is 22.4. The number of sulfonamides is 1. The number of aryl methyl sites for hydroxylation is 2. The van der Waals surface area contributed by atoms with Crippen LogP contribution in [0.4, 0.5) is 0 Å². The van der Waals surface area contributed by atoms with Crippen molar-refractivity contribution in [3.8, 4) is 0 Å². The molecule has 2 aromatic rings. The third-order valence-corrected chi connectivity index (χ3v) is 7.67. The molecule has 8 heteroatoms. The van der Waals surface area contributed by atoms with Gasteiger partial charge in [0.15, 0.2) is 5.96 Å².